The van der Waals surface area contributed by atoms with Crippen LogP contribution in [0.4, 0.5) is 0 Å². The molecular weight excluding hydrogens is 456 g/mol. The van der Waals surface area contributed by atoms with Crippen LogP contribution in [0.25, 0.3) is 0 Å². The highest BCUT2D eigenvalue weighted by Gasteiger charge is 2.74. The molecule has 0 bridgehead atoms. The number of Topliss-reactive ketones (excluding diaryl/α,β-unsaturated/α-hetero) is 2. The van der Waals surface area contributed by atoms with Crippen molar-refractivity contribution in [1.82, 2.24) is 0 Å². The summed E-state index contributed by atoms with van der Waals surface area (Å²) in [7, 11) is 0. The quantitative estimate of drug-likeness (QED) is 0.447. The molecule has 1 aliphatic heterocycles. The van der Waals surface area contributed by atoms with Gasteiger partial charge in [-0.2, -0.15) is 0 Å². The van der Waals surface area contributed by atoms with E-state index in [1.165, 1.54) is 12.1 Å². The molecule has 0 saturated carbocycles. The molecule has 1 saturated heterocycles. The molecule has 1 aliphatic rings. The number of benzene rings is 2. The number of carbonyl (C=O) groups excluding carboxylic acids is 4. The zero-order chi connectivity index (χ0) is 26.1. The minimum Gasteiger partial charge on any atom is -0.449 e. The van der Waals surface area contributed by atoms with Crippen LogP contribution < -0.4 is 0 Å². The molecule has 9 heteroatoms. The molecule has 186 valence electrons. The number of carbonyl (C=O) groups is 4. The van der Waals surface area contributed by atoms with E-state index < -0.39 is 53.2 Å². The van der Waals surface area contributed by atoms with Gasteiger partial charge in [-0.1, -0.05) is 48.5 Å². The highest BCUT2D eigenvalue weighted by molar-refractivity contribution is 6.09. The average molecular weight is 485 g/mol. The lowest BCUT2D eigenvalue weighted by Gasteiger charge is -2.39. The predicted octanol–water partition coefficient (Wildman–Crippen LogP) is 2.13. The summed E-state index contributed by atoms with van der Waals surface area (Å²) in [5, 5.41) is 22.9. The number of ether oxygens (including phenoxy) is 3. The second-order valence-corrected chi connectivity index (χ2v) is 8.73. The van der Waals surface area contributed by atoms with Crippen molar-refractivity contribution in [1.29, 1.82) is 0 Å². The van der Waals surface area contributed by atoms with Crippen LogP contribution in [0.1, 0.15) is 53.9 Å². The van der Waals surface area contributed by atoms with Crippen LogP contribution in [0, 0.1) is 13.8 Å². The minimum atomic E-state index is -2.86. The number of ketones is 2. The molecule has 0 spiro atoms. The lowest BCUT2D eigenvalue weighted by molar-refractivity contribution is -0.221. The van der Waals surface area contributed by atoms with Crippen LogP contribution in [0.5, 0.6) is 0 Å². The summed E-state index contributed by atoms with van der Waals surface area (Å²) in [6, 6.07) is 12.8. The molecule has 0 amide bonds. The number of aryl methyl sites for hydroxylation is 2. The highest BCUT2D eigenvalue weighted by atomic mass is 16.7. The number of hydrogen-bond donors (Lipinski definition) is 2. The Labute approximate surface area is 202 Å². The fourth-order valence-corrected chi connectivity index (χ4v) is 4.35. The third kappa shape index (κ3) is 4.50. The van der Waals surface area contributed by atoms with Crippen molar-refractivity contribution in [2.24, 2.45) is 0 Å². The van der Waals surface area contributed by atoms with E-state index in [-0.39, 0.29) is 11.1 Å². The Morgan fingerprint density at radius 3 is 2.06 bits per heavy atom. The van der Waals surface area contributed by atoms with Crippen LogP contribution in [0.2, 0.25) is 0 Å². The number of hydrogen-bond acceptors (Lipinski definition) is 9. The SMILES string of the molecule is CC(=O)OC1O[C@H](C(=O)C(O)c2ccccc2C)[C@](O)(C(=O)c2ccccc2C)[C@@]1(C)OC(C)=O. The van der Waals surface area contributed by atoms with Crippen molar-refractivity contribution >= 4 is 23.5 Å². The van der Waals surface area contributed by atoms with Crippen LogP contribution in [-0.2, 0) is 28.6 Å². The maximum atomic E-state index is 13.9. The standard InChI is InChI=1S/C26H28O9/c1-14-10-6-8-12-18(14)20(29)21(30)23-26(32,22(31)19-13-9-7-11-15(19)2)25(5,35-17(4)28)24(34-23)33-16(3)27/h6-13,20,23-24,29,32H,1-5H3/t20?,23-,24?,25+,26-/m1/s1. The number of rotatable bonds is 7. The Hall–Kier alpha value is -3.40. The van der Waals surface area contributed by atoms with Gasteiger partial charge in [0.1, 0.15) is 6.10 Å². The maximum Gasteiger partial charge on any atom is 0.305 e. The zero-order valence-electron chi connectivity index (χ0n) is 20.1. The van der Waals surface area contributed by atoms with Gasteiger partial charge in [-0.15, -0.1) is 0 Å². The van der Waals surface area contributed by atoms with E-state index in [0.717, 1.165) is 20.8 Å². The topological polar surface area (TPSA) is 136 Å². The average Bonchev–Trinajstić information content (AvgIpc) is 2.99. The lowest BCUT2D eigenvalue weighted by Crippen LogP contribution is -2.66. The third-order valence-electron chi connectivity index (χ3n) is 6.22. The van der Waals surface area contributed by atoms with Gasteiger partial charge < -0.3 is 24.4 Å². The zero-order valence-corrected chi connectivity index (χ0v) is 20.1. The monoisotopic (exact) mass is 484 g/mol. The van der Waals surface area contributed by atoms with Crippen molar-refractivity contribution in [3.63, 3.8) is 0 Å². The van der Waals surface area contributed by atoms with Gasteiger partial charge in [0.25, 0.3) is 0 Å². The van der Waals surface area contributed by atoms with Crippen molar-refractivity contribution in [3.8, 4) is 0 Å². The predicted molar refractivity (Wildman–Crippen MR) is 122 cm³/mol. The first-order chi connectivity index (χ1) is 16.3. The molecule has 1 heterocycles. The first-order valence-corrected chi connectivity index (χ1v) is 11.0. The van der Waals surface area contributed by atoms with E-state index in [4.69, 9.17) is 14.2 Å². The fourth-order valence-electron chi connectivity index (χ4n) is 4.35. The number of aliphatic hydroxyl groups is 2. The highest BCUT2D eigenvalue weighted by Crippen LogP contribution is 2.47. The van der Waals surface area contributed by atoms with Gasteiger partial charge in [-0.05, 0) is 37.5 Å². The largest absolute Gasteiger partial charge is 0.449 e. The Balaban J connectivity index is 2.21. The molecule has 0 aromatic heterocycles. The van der Waals surface area contributed by atoms with E-state index >= 15 is 0 Å². The maximum absolute atomic E-state index is 13.9. The molecule has 2 aromatic carbocycles. The van der Waals surface area contributed by atoms with E-state index in [1.54, 1.807) is 50.2 Å². The molecule has 1 fully saturated rings. The van der Waals surface area contributed by atoms with Crippen LogP contribution in [-0.4, -0.2) is 57.3 Å². The second kappa shape index (κ2) is 9.69. The number of aliphatic hydroxyl groups excluding tert-OH is 1. The summed E-state index contributed by atoms with van der Waals surface area (Å²) in [6.07, 6.45) is -5.66. The van der Waals surface area contributed by atoms with Gasteiger partial charge in [0.2, 0.25) is 23.3 Å². The molecule has 2 unspecified atom stereocenters. The molecule has 2 aromatic rings. The smallest absolute Gasteiger partial charge is 0.305 e. The summed E-state index contributed by atoms with van der Waals surface area (Å²) in [5.41, 5.74) is -3.86. The summed E-state index contributed by atoms with van der Waals surface area (Å²) in [6.45, 7) is 6.53. The van der Waals surface area contributed by atoms with Crippen molar-refractivity contribution in [3.05, 3.63) is 70.8 Å². The van der Waals surface area contributed by atoms with Gasteiger partial charge in [-0.3, -0.25) is 19.2 Å². The summed E-state index contributed by atoms with van der Waals surface area (Å²) >= 11 is 0. The van der Waals surface area contributed by atoms with E-state index in [1.807, 2.05) is 0 Å². The van der Waals surface area contributed by atoms with Gasteiger partial charge in [-0.25, -0.2) is 0 Å². The van der Waals surface area contributed by atoms with Crippen LogP contribution in [0.3, 0.4) is 0 Å². The van der Waals surface area contributed by atoms with Gasteiger partial charge in [0.15, 0.2) is 11.9 Å². The van der Waals surface area contributed by atoms with Crippen LogP contribution in [0.15, 0.2) is 48.5 Å². The van der Waals surface area contributed by atoms with Gasteiger partial charge >= 0.3 is 11.9 Å². The molecule has 35 heavy (non-hydrogen) atoms. The molecule has 3 rings (SSSR count). The first kappa shape index (κ1) is 26.2. The molecule has 0 aliphatic carbocycles. The first-order valence-electron chi connectivity index (χ1n) is 11.0. The fraction of sp³-hybridized carbons (Fsp3) is 0.385. The Kier molecular flexibility index (Phi) is 7.26. The van der Waals surface area contributed by atoms with Crippen molar-refractivity contribution in [2.75, 3.05) is 0 Å². The third-order valence-corrected chi connectivity index (χ3v) is 6.22. The second-order valence-electron chi connectivity index (χ2n) is 8.73. The summed E-state index contributed by atoms with van der Waals surface area (Å²) in [5.74, 6) is -3.86. The van der Waals surface area contributed by atoms with E-state index in [2.05, 4.69) is 0 Å². The summed E-state index contributed by atoms with van der Waals surface area (Å²) < 4.78 is 16.1. The lowest BCUT2D eigenvalue weighted by atomic mass is 9.73. The molecule has 9 nitrogen and oxygen atoms in total. The van der Waals surface area contributed by atoms with Crippen molar-refractivity contribution < 1.29 is 43.6 Å². The molecule has 5 atom stereocenters. The Bertz CT molecular complexity index is 1170. The normalized spacial score (nSPS) is 26.6. The van der Waals surface area contributed by atoms with Crippen LogP contribution >= 0.6 is 0 Å². The summed E-state index contributed by atoms with van der Waals surface area (Å²) in [4.78, 5) is 51.3. The Morgan fingerprint density at radius 1 is 0.943 bits per heavy atom. The molecule has 2 N–H and O–H groups in total. The van der Waals surface area contributed by atoms with Gasteiger partial charge in [0, 0.05) is 19.4 Å². The molecular formula is C26H28O9. The Morgan fingerprint density at radius 2 is 1.51 bits per heavy atom. The van der Waals surface area contributed by atoms with Crippen molar-refractivity contribution in [2.45, 2.75) is 64.3 Å². The number of esters is 2. The van der Waals surface area contributed by atoms with E-state index in [0.29, 0.717) is 11.1 Å². The molecule has 0 radical (unpaired) electrons. The van der Waals surface area contributed by atoms with Gasteiger partial charge in [0.05, 0.1) is 0 Å². The minimum absolute atomic E-state index is 0.0311. The van der Waals surface area contributed by atoms with E-state index in [9.17, 15) is 29.4 Å².